The minimum atomic E-state index is -3.17. The highest BCUT2D eigenvalue weighted by Gasteiger charge is 2.14. The first kappa shape index (κ1) is 18.7. The summed E-state index contributed by atoms with van der Waals surface area (Å²) in [4.78, 5) is 4.57. The molecule has 0 spiro atoms. The summed E-state index contributed by atoms with van der Waals surface area (Å²) in [5, 5.41) is 0.835. The van der Waals surface area contributed by atoms with Crippen molar-refractivity contribution in [1.82, 2.24) is 14.3 Å². The number of nitrogens with one attached hydrogen (secondary N) is 1. The fourth-order valence-electron chi connectivity index (χ4n) is 2.56. The molecule has 1 N–H and O–H groups in total. The number of hydrogen-bond donors (Lipinski definition) is 1. The van der Waals surface area contributed by atoms with Crippen LogP contribution in [-0.4, -0.2) is 36.5 Å². The molecular formula is C19H21N3O2S2. The van der Waals surface area contributed by atoms with Gasteiger partial charge in [0.2, 0.25) is 10.0 Å². The molecule has 3 aromatic rings. The Morgan fingerprint density at radius 1 is 1.08 bits per heavy atom. The third kappa shape index (κ3) is 4.75. The van der Waals surface area contributed by atoms with E-state index in [2.05, 4.69) is 45.5 Å². The van der Waals surface area contributed by atoms with Gasteiger partial charge in [0.15, 0.2) is 5.16 Å². The van der Waals surface area contributed by atoms with Gasteiger partial charge in [-0.2, -0.15) is 0 Å². The van der Waals surface area contributed by atoms with Crippen molar-refractivity contribution in [2.24, 2.45) is 0 Å². The van der Waals surface area contributed by atoms with Gasteiger partial charge in [-0.05, 0) is 19.1 Å². The van der Waals surface area contributed by atoms with Crippen LogP contribution in [0.3, 0.4) is 0 Å². The van der Waals surface area contributed by atoms with Crippen LogP contribution in [0.25, 0.3) is 16.9 Å². The molecule has 136 valence electrons. The van der Waals surface area contributed by atoms with Gasteiger partial charge < -0.3 is 0 Å². The van der Waals surface area contributed by atoms with Gasteiger partial charge in [0.1, 0.15) is 0 Å². The van der Waals surface area contributed by atoms with Gasteiger partial charge in [-0.3, -0.25) is 4.57 Å². The van der Waals surface area contributed by atoms with E-state index in [1.165, 1.54) is 17.3 Å². The van der Waals surface area contributed by atoms with E-state index in [4.69, 9.17) is 0 Å². The highest BCUT2D eigenvalue weighted by atomic mass is 32.2. The summed E-state index contributed by atoms with van der Waals surface area (Å²) in [6.45, 7) is 2.43. The Bertz CT molecular complexity index is 966. The van der Waals surface area contributed by atoms with Gasteiger partial charge >= 0.3 is 0 Å². The molecular weight excluding hydrogens is 366 g/mol. The van der Waals surface area contributed by atoms with Crippen LogP contribution in [0.15, 0.2) is 66.0 Å². The number of benzene rings is 2. The third-order valence-electron chi connectivity index (χ3n) is 3.79. The highest BCUT2D eigenvalue weighted by Crippen LogP contribution is 2.29. The van der Waals surface area contributed by atoms with E-state index in [0.29, 0.717) is 12.3 Å². The molecule has 2 aromatic carbocycles. The predicted molar refractivity (Wildman–Crippen MR) is 107 cm³/mol. The quantitative estimate of drug-likeness (QED) is 0.498. The van der Waals surface area contributed by atoms with E-state index >= 15 is 0 Å². The van der Waals surface area contributed by atoms with Crippen LogP contribution in [-0.2, 0) is 10.0 Å². The average molecular weight is 388 g/mol. The predicted octanol–water partition coefficient (Wildman–Crippen LogP) is 3.49. The molecule has 0 radical (unpaired) electrons. The fourth-order valence-corrected chi connectivity index (χ4v) is 4.01. The first-order valence-electron chi connectivity index (χ1n) is 8.22. The van der Waals surface area contributed by atoms with Crippen molar-refractivity contribution < 1.29 is 8.42 Å². The van der Waals surface area contributed by atoms with Crippen molar-refractivity contribution in [3.8, 4) is 16.9 Å². The average Bonchev–Trinajstić information content (AvgIpc) is 3.03. The summed E-state index contributed by atoms with van der Waals surface area (Å²) in [5.74, 6) is 0.601. The van der Waals surface area contributed by atoms with Crippen LogP contribution in [0, 0.1) is 6.92 Å². The van der Waals surface area contributed by atoms with Gasteiger partial charge in [-0.25, -0.2) is 18.1 Å². The molecule has 0 aliphatic rings. The minimum Gasteiger partial charge on any atom is -0.287 e. The number of sulfonamides is 1. The van der Waals surface area contributed by atoms with Crippen molar-refractivity contribution in [2.45, 2.75) is 12.1 Å². The number of rotatable bonds is 7. The Kier molecular flexibility index (Phi) is 5.80. The molecule has 0 saturated heterocycles. The zero-order chi connectivity index (χ0) is 18.6. The second kappa shape index (κ2) is 8.07. The van der Waals surface area contributed by atoms with Crippen LogP contribution in [0.4, 0.5) is 0 Å². The van der Waals surface area contributed by atoms with Crippen molar-refractivity contribution in [2.75, 3.05) is 18.6 Å². The van der Waals surface area contributed by atoms with Crippen molar-refractivity contribution in [1.29, 1.82) is 0 Å². The normalized spacial score (nSPS) is 11.6. The first-order chi connectivity index (χ1) is 12.4. The molecule has 1 heterocycles. The summed E-state index contributed by atoms with van der Waals surface area (Å²) < 4.78 is 27.0. The van der Waals surface area contributed by atoms with E-state index in [-0.39, 0.29) is 0 Å². The van der Waals surface area contributed by atoms with Gasteiger partial charge in [0.05, 0.1) is 18.1 Å². The van der Waals surface area contributed by atoms with Crippen molar-refractivity contribution in [3.63, 3.8) is 0 Å². The molecule has 0 aliphatic carbocycles. The first-order valence-corrected chi connectivity index (χ1v) is 11.1. The van der Waals surface area contributed by atoms with Gasteiger partial charge in [-0.1, -0.05) is 59.8 Å². The Balaban J connectivity index is 1.91. The lowest BCUT2D eigenvalue weighted by atomic mass is 10.1. The number of aryl methyl sites for hydroxylation is 1. The van der Waals surface area contributed by atoms with Crippen LogP contribution in [0.2, 0.25) is 0 Å². The van der Waals surface area contributed by atoms with Crippen molar-refractivity contribution >= 4 is 21.8 Å². The number of aromatic nitrogens is 2. The smallest absolute Gasteiger partial charge is 0.208 e. The number of nitrogens with zero attached hydrogens (tertiary/aromatic N) is 2. The summed E-state index contributed by atoms with van der Waals surface area (Å²) in [7, 11) is -3.17. The summed E-state index contributed by atoms with van der Waals surface area (Å²) in [6.07, 6.45) is 3.03. The summed E-state index contributed by atoms with van der Waals surface area (Å²) in [6, 6.07) is 18.4. The SMILES string of the molecule is Cc1ccc(-c2cnc(SCCNS(C)(=O)=O)n2-c2ccccc2)cc1. The van der Waals surface area contributed by atoms with E-state index < -0.39 is 10.0 Å². The van der Waals surface area contributed by atoms with E-state index in [9.17, 15) is 8.42 Å². The third-order valence-corrected chi connectivity index (χ3v) is 5.47. The maximum absolute atomic E-state index is 11.2. The molecule has 0 bridgehead atoms. The Labute approximate surface area is 158 Å². The summed E-state index contributed by atoms with van der Waals surface area (Å²) in [5.41, 5.74) is 4.34. The van der Waals surface area contributed by atoms with E-state index in [0.717, 1.165) is 28.4 Å². The second-order valence-electron chi connectivity index (χ2n) is 5.98. The monoisotopic (exact) mass is 387 g/mol. The number of hydrogen-bond acceptors (Lipinski definition) is 4. The summed E-state index contributed by atoms with van der Waals surface area (Å²) >= 11 is 1.53. The van der Waals surface area contributed by atoms with E-state index in [1.54, 1.807) is 0 Å². The molecule has 0 unspecified atom stereocenters. The second-order valence-corrected chi connectivity index (χ2v) is 8.87. The minimum absolute atomic E-state index is 0.366. The maximum atomic E-state index is 11.2. The fraction of sp³-hybridized carbons (Fsp3) is 0.211. The zero-order valence-corrected chi connectivity index (χ0v) is 16.3. The molecule has 0 amide bonds. The lowest BCUT2D eigenvalue weighted by molar-refractivity contribution is 0.590. The number of imidazole rings is 1. The van der Waals surface area contributed by atoms with E-state index in [1.807, 2.05) is 36.5 Å². The molecule has 1 aromatic heterocycles. The topological polar surface area (TPSA) is 64.0 Å². The number of para-hydroxylation sites is 1. The standard InChI is InChI=1S/C19H21N3O2S2/c1-15-8-10-16(11-9-15)18-14-20-19(25-13-12-21-26(2,23)24)22(18)17-6-4-3-5-7-17/h3-11,14,21H,12-13H2,1-2H3. The highest BCUT2D eigenvalue weighted by molar-refractivity contribution is 7.99. The molecule has 3 rings (SSSR count). The van der Waals surface area contributed by atoms with Crippen LogP contribution < -0.4 is 4.72 Å². The molecule has 0 aliphatic heterocycles. The van der Waals surface area contributed by atoms with Gasteiger partial charge in [0.25, 0.3) is 0 Å². The Morgan fingerprint density at radius 3 is 2.42 bits per heavy atom. The molecule has 5 nitrogen and oxygen atoms in total. The largest absolute Gasteiger partial charge is 0.287 e. The van der Waals surface area contributed by atoms with Crippen LogP contribution in [0.1, 0.15) is 5.56 Å². The molecule has 7 heteroatoms. The molecule has 0 atom stereocenters. The Morgan fingerprint density at radius 2 is 1.77 bits per heavy atom. The van der Waals surface area contributed by atoms with Gasteiger partial charge in [0, 0.05) is 23.5 Å². The van der Waals surface area contributed by atoms with Crippen LogP contribution >= 0.6 is 11.8 Å². The van der Waals surface area contributed by atoms with Crippen molar-refractivity contribution in [3.05, 3.63) is 66.4 Å². The lowest BCUT2D eigenvalue weighted by Crippen LogP contribution is -2.24. The van der Waals surface area contributed by atoms with Crippen LogP contribution in [0.5, 0.6) is 0 Å². The zero-order valence-electron chi connectivity index (χ0n) is 14.7. The maximum Gasteiger partial charge on any atom is 0.208 e. The molecule has 26 heavy (non-hydrogen) atoms. The number of thioether (sulfide) groups is 1. The van der Waals surface area contributed by atoms with Gasteiger partial charge in [-0.15, -0.1) is 0 Å². The Hall–Kier alpha value is -2.09. The molecule has 0 saturated carbocycles. The lowest BCUT2D eigenvalue weighted by Gasteiger charge is -2.12. The molecule has 0 fully saturated rings.